The van der Waals surface area contributed by atoms with Gasteiger partial charge in [-0.3, -0.25) is 0 Å². The van der Waals surface area contributed by atoms with E-state index in [1.165, 1.54) is 141 Å². The van der Waals surface area contributed by atoms with Crippen molar-refractivity contribution in [1.82, 2.24) is 0 Å². The van der Waals surface area contributed by atoms with E-state index in [0.717, 1.165) is 50.4 Å². The predicted octanol–water partition coefficient (Wildman–Crippen LogP) is 10.7. The van der Waals surface area contributed by atoms with Crippen molar-refractivity contribution >= 4 is 23.9 Å². The summed E-state index contributed by atoms with van der Waals surface area (Å²) in [5.41, 5.74) is -0.101. The summed E-state index contributed by atoms with van der Waals surface area (Å²) in [5, 5.41) is 20.7. The van der Waals surface area contributed by atoms with Gasteiger partial charge in [-0.2, -0.15) is 0 Å². The summed E-state index contributed by atoms with van der Waals surface area (Å²) in [6.45, 7) is 16.7. The summed E-state index contributed by atoms with van der Waals surface area (Å²) in [6, 6.07) is 0. The Kier molecular flexibility index (Phi) is 45.0. The van der Waals surface area contributed by atoms with E-state index in [9.17, 15) is 29.4 Å². The quantitative estimate of drug-likeness (QED) is 0.0259. The first-order chi connectivity index (χ1) is 25.9. The fraction of sp³-hybridized carbons (Fsp3) is 0.826. The van der Waals surface area contributed by atoms with Crippen molar-refractivity contribution in [2.75, 3.05) is 13.2 Å². The van der Waals surface area contributed by atoms with Crippen molar-refractivity contribution in [3.05, 3.63) is 24.3 Å². The number of unbranched alkanes of at least 4 members (excludes halogenated alkanes) is 24. The van der Waals surface area contributed by atoms with Gasteiger partial charge < -0.3 is 29.3 Å². The van der Waals surface area contributed by atoms with Gasteiger partial charge in [-0.1, -0.05) is 208 Å². The van der Waals surface area contributed by atoms with Gasteiger partial charge in [0.05, 0.1) is 13.2 Å². The molecule has 0 N–H and O–H groups in total. The van der Waals surface area contributed by atoms with E-state index in [-0.39, 0.29) is 31.6 Å². The van der Waals surface area contributed by atoms with Crippen LogP contribution in [-0.4, -0.2) is 37.1 Å². The van der Waals surface area contributed by atoms with Gasteiger partial charge in [0.25, 0.3) is 0 Å². The number of carbonyl (C=O) groups excluding carboxylic acids is 4. The number of carboxylic acid groups (broad SMARTS) is 2. The number of carboxylic acids is 2. The molecule has 0 aromatic carbocycles. The Labute approximate surface area is 351 Å². The molecular weight excluding hydrogens is 787 g/mol. The second-order valence-electron chi connectivity index (χ2n) is 16.1. The molecule has 0 aliphatic rings. The molecule has 8 nitrogen and oxygen atoms in total. The molecule has 324 valence electrons. The predicted molar refractivity (Wildman–Crippen MR) is 218 cm³/mol. The summed E-state index contributed by atoms with van der Waals surface area (Å²) in [6.07, 6.45) is 35.0. The molecule has 0 heterocycles. The van der Waals surface area contributed by atoms with Gasteiger partial charge in [0, 0.05) is 35.9 Å². The summed E-state index contributed by atoms with van der Waals surface area (Å²) in [7, 11) is 0. The Morgan fingerprint density at radius 2 is 0.600 bits per heavy atom. The average molecular weight is 870 g/mol. The number of rotatable bonds is 38. The van der Waals surface area contributed by atoms with Crippen LogP contribution in [0.2, 0.25) is 0 Å². The summed E-state index contributed by atoms with van der Waals surface area (Å²) < 4.78 is 9.99. The van der Waals surface area contributed by atoms with Gasteiger partial charge in [-0.15, -0.1) is 0 Å². The van der Waals surface area contributed by atoms with Crippen LogP contribution in [0, 0.1) is 11.8 Å². The number of aliphatic carboxylic acids is 2. The zero-order chi connectivity index (χ0) is 40.7. The van der Waals surface area contributed by atoms with Crippen LogP contribution in [0.4, 0.5) is 0 Å². The van der Waals surface area contributed by atoms with Gasteiger partial charge in [0.15, 0.2) is 0 Å². The molecule has 0 aliphatic carbocycles. The van der Waals surface area contributed by atoms with Gasteiger partial charge in [-0.05, 0) is 24.7 Å². The molecule has 0 amide bonds. The van der Waals surface area contributed by atoms with Gasteiger partial charge in [-0.25, -0.2) is 9.59 Å². The zero-order valence-corrected chi connectivity index (χ0v) is 37.3. The third-order valence-electron chi connectivity index (χ3n) is 9.61. The van der Waals surface area contributed by atoms with E-state index in [1.807, 2.05) is 0 Å². The molecule has 0 aromatic rings. The molecular formula is C46H82O8Pd. The SMILES string of the molecule is C=C(CC(=O)[O-])C(=O)OCCCCCCCCCCCCCCCC(C)C.C=C(CC(=O)[O-])C(=O)OCCCCCCCCCCCCCCCC(C)C.[Pd+2]. The number of ether oxygens (including phenoxy) is 2. The Hall–Kier alpha value is -1.98. The van der Waals surface area contributed by atoms with Crippen molar-refractivity contribution in [1.29, 1.82) is 0 Å². The minimum atomic E-state index is -1.31. The molecule has 0 aromatic heterocycles. The second-order valence-corrected chi connectivity index (χ2v) is 16.1. The Morgan fingerprint density at radius 1 is 0.400 bits per heavy atom. The van der Waals surface area contributed by atoms with Gasteiger partial charge >= 0.3 is 32.4 Å². The standard InChI is InChI=1S/2C23H42O4.Pd/c2*1-20(2)17-15-13-11-9-7-5-4-6-8-10-12-14-16-18-27-23(26)21(3)19-22(24)25;/h2*20H,3-19H2,1-2H3,(H,24,25);/q;;+2/p-2. The smallest absolute Gasteiger partial charge is 0.550 e. The maximum atomic E-state index is 11.4. The van der Waals surface area contributed by atoms with Crippen molar-refractivity contribution in [2.24, 2.45) is 11.8 Å². The van der Waals surface area contributed by atoms with E-state index >= 15 is 0 Å². The first-order valence-electron chi connectivity index (χ1n) is 22.0. The first-order valence-corrected chi connectivity index (χ1v) is 22.0. The number of hydrogen-bond acceptors (Lipinski definition) is 8. The summed E-state index contributed by atoms with van der Waals surface area (Å²) in [5.74, 6) is -2.17. The summed E-state index contributed by atoms with van der Waals surface area (Å²) >= 11 is 0. The second kappa shape index (κ2) is 43.2. The van der Waals surface area contributed by atoms with Crippen molar-refractivity contribution in [3.8, 4) is 0 Å². The Balaban J connectivity index is -0.000000966. The van der Waals surface area contributed by atoms with E-state index in [1.54, 1.807) is 0 Å². The Morgan fingerprint density at radius 3 is 0.800 bits per heavy atom. The minimum absolute atomic E-state index is 0. The van der Waals surface area contributed by atoms with Crippen LogP contribution in [0.15, 0.2) is 24.3 Å². The first kappa shape index (κ1) is 57.3. The Bertz CT molecular complexity index is 886. The molecule has 0 rings (SSSR count). The molecule has 0 unspecified atom stereocenters. The molecule has 0 fully saturated rings. The number of esters is 2. The van der Waals surface area contributed by atoms with Crippen LogP contribution in [-0.2, 0) is 49.1 Å². The van der Waals surface area contributed by atoms with E-state index in [4.69, 9.17) is 9.47 Å². The molecule has 0 radical (unpaired) electrons. The maximum Gasteiger partial charge on any atom is 2.00 e. The number of carbonyl (C=O) groups is 4. The van der Waals surface area contributed by atoms with Crippen LogP contribution in [0.1, 0.15) is 220 Å². The molecule has 0 bridgehead atoms. The molecule has 55 heavy (non-hydrogen) atoms. The summed E-state index contributed by atoms with van der Waals surface area (Å²) in [4.78, 5) is 43.6. The van der Waals surface area contributed by atoms with Crippen LogP contribution < -0.4 is 10.2 Å². The van der Waals surface area contributed by atoms with Gasteiger partial charge in [0.2, 0.25) is 0 Å². The maximum absolute atomic E-state index is 11.4. The third-order valence-corrected chi connectivity index (χ3v) is 9.61. The molecule has 9 heteroatoms. The molecule has 0 saturated heterocycles. The van der Waals surface area contributed by atoms with Gasteiger partial charge in [0.1, 0.15) is 0 Å². The average Bonchev–Trinajstić information content (AvgIpc) is 3.10. The molecule has 0 aliphatic heterocycles. The molecule has 0 spiro atoms. The minimum Gasteiger partial charge on any atom is -0.550 e. The largest absolute Gasteiger partial charge is 2.00 e. The molecule has 0 atom stereocenters. The molecule has 0 saturated carbocycles. The fourth-order valence-electron chi connectivity index (χ4n) is 6.23. The monoisotopic (exact) mass is 869 g/mol. The van der Waals surface area contributed by atoms with E-state index in [0.29, 0.717) is 13.2 Å². The van der Waals surface area contributed by atoms with Crippen LogP contribution in [0.25, 0.3) is 0 Å². The van der Waals surface area contributed by atoms with Crippen molar-refractivity contribution in [2.45, 2.75) is 220 Å². The van der Waals surface area contributed by atoms with Crippen molar-refractivity contribution in [3.63, 3.8) is 0 Å². The zero-order valence-electron chi connectivity index (χ0n) is 35.8. The van der Waals surface area contributed by atoms with Crippen LogP contribution >= 0.6 is 0 Å². The van der Waals surface area contributed by atoms with Crippen molar-refractivity contribution < 1.29 is 59.3 Å². The van der Waals surface area contributed by atoms with E-state index in [2.05, 4.69) is 40.9 Å². The normalized spacial score (nSPS) is 10.7. The third kappa shape index (κ3) is 48.1. The number of hydrogen-bond donors (Lipinski definition) is 0. The van der Waals surface area contributed by atoms with Crippen LogP contribution in [0.5, 0.6) is 0 Å². The topological polar surface area (TPSA) is 133 Å². The van der Waals surface area contributed by atoms with E-state index < -0.39 is 36.7 Å². The van der Waals surface area contributed by atoms with Crippen LogP contribution in [0.3, 0.4) is 0 Å². The fourth-order valence-corrected chi connectivity index (χ4v) is 6.23.